The highest BCUT2D eigenvalue weighted by atomic mass is 35.5. The van der Waals surface area contributed by atoms with Crippen molar-refractivity contribution < 1.29 is 14.3 Å². The summed E-state index contributed by atoms with van der Waals surface area (Å²) in [6.07, 6.45) is 0. The molecule has 0 radical (unpaired) electrons. The fraction of sp³-hybridized carbons (Fsp3) is 0.231. The molecule has 0 saturated heterocycles. The van der Waals surface area contributed by atoms with Crippen molar-refractivity contribution in [1.82, 2.24) is 5.32 Å². The summed E-state index contributed by atoms with van der Waals surface area (Å²) in [5.41, 5.74) is 0.512. The van der Waals surface area contributed by atoms with E-state index < -0.39 is 11.8 Å². The maximum atomic E-state index is 11.8. The SMILES string of the molecule is CCOc1ccc(NC(=O)/C(Cl)=C(/Cl)C(=O)NC)cc1. The molecule has 0 aliphatic heterocycles. The Labute approximate surface area is 126 Å². The predicted octanol–water partition coefficient (Wildman–Crippen LogP) is 2.46. The van der Waals surface area contributed by atoms with Gasteiger partial charge in [-0.05, 0) is 31.2 Å². The number of hydrogen-bond acceptors (Lipinski definition) is 3. The maximum Gasteiger partial charge on any atom is 0.268 e. The van der Waals surface area contributed by atoms with Crippen LogP contribution in [0.5, 0.6) is 5.75 Å². The van der Waals surface area contributed by atoms with Gasteiger partial charge in [0.05, 0.1) is 6.61 Å². The van der Waals surface area contributed by atoms with Crippen LogP contribution < -0.4 is 15.4 Å². The highest BCUT2D eigenvalue weighted by molar-refractivity contribution is 6.54. The van der Waals surface area contributed by atoms with E-state index in [0.717, 1.165) is 0 Å². The smallest absolute Gasteiger partial charge is 0.268 e. The van der Waals surface area contributed by atoms with Crippen molar-refractivity contribution in [2.75, 3.05) is 19.0 Å². The molecule has 0 saturated carbocycles. The third-order valence-corrected chi connectivity index (χ3v) is 3.06. The summed E-state index contributed by atoms with van der Waals surface area (Å²) in [7, 11) is 1.39. The molecule has 0 unspecified atom stereocenters. The van der Waals surface area contributed by atoms with Crippen molar-refractivity contribution in [3.05, 3.63) is 34.3 Å². The van der Waals surface area contributed by atoms with Gasteiger partial charge in [0.25, 0.3) is 11.8 Å². The van der Waals surface area contributed by atoms with E-state index in [1.807, 2.05) is 6.92 Å². The van der Waals surface area contributed by atoms with Gasteiger partial charge in [-0.1, -0.05) is 23.2 Å². The molecule has 108 valence electrons. The van der Waals surface area contributed by atoms with Crippen LogP contribution >= 0.6 is 23.2 Å². The zero-order valence-electron chi connectivity index (χ0n) is 11.0. The lowest BCUT2D eigenvalue weighted by Crippen LogP contribution is -2.21. The van der Waals surface area contributed by atoms with E-state index in [9.17, 15) is 9.59 Å². The van der Waals surface area contributed by atoms with Crippen LogP contribution in [-0.4, -0.2) is 25.5 Å². The molecule has 1 aromatic rings. The quantitative estimate of drug-likeness (QED) is 0.820. The Bertz CT molecular complexity index is 527. The molecule has 0 bridgehead atoms. The second kappa shape index (κ2) is 7.77. The molecule has 0 heterocycles. The number of carbonyl (C=O) groups is 2. The van der Waals surface area contributed by atoms with Gasteiger partial charge < -0.3 is 15.4 Å². The van der Waals surface area contributed by atoms with Crippen LogP contribution in [0.1, 0.15) is 6.92 Å². The van der Waals surface area contributed by atoms with Crippen molar-refractivity contribution in [3.8, 4) is 5.75 Å². The molecule has 1 aromatic carbocycles. The van der Waals surface area contributed by atoms with Gasteiger partial charge in [-0.2, -0.15) is 0 Å². The highest BCUT2D eigenvalue weighted by Crippen LogP contribution is 2.19. The van der Waals surface area contributed by atoms with Crippen molar-refractivity contribution in [2.24, 2.45) is 0 Å². The number of hydrogen-bond donors (Lipinski definition) is 2. The number of nitrogens with one attached hydrogen (secondary N) is 2. The standard InChI is InChI=1S/C13H14Cl2N2O3/c1-3-20-9-6-4-8(5-7-9)17-13(19)11(15)10(14)12(18)16-2/h4-7H,3H2,1-2H3,(H,16,18)(H,17,19)/b11-10-. The Morgan fingerprint density at radius 3 is 2.15 bits per heavy atom. The summed E-state index contributed by atoms with van der Waals surface area (Å²) in [4.78, 5) is 23.0. The van der Waals surface area contributed by atoms with E-state index in [4.69, 9.17) is 27.9 Å². The number of likely N-dealkylation sites (N-methyl/N-ethyl adjacent to an activating group) is 1. The Hall–Kier alpha value is -1.72. The van der Waals surface area contributed by atoms with E-state index in [1.54, 1.807) is 24.3 Å². The molecule has 0 atom stereocenters. The monoisotopic (exact) mass is 316 g/mol. The number of ether oxygens (including phenoxy) is 1. The van der Waals surface area contributed by atoms with E-state index in [0.29, 0.717) is 18.0 Å². The van der Waals surface area contributed by atoms with Gasteiger partial charge in [0.2, 0.25) is 0 Å². The first-order chi connectivity index (χ1) is 9.49. The van der Waals surface area contributed by atoms with Crippen LogP contribution in [0.15, 0.2) is 34.3 Å². The minimum Gasteiger partial charge on any atom is -0.494 e. The Kier molecular flexibility index (Phi) is 6.35. The fourth-order valence-electron chi connectivity index (χ4n) is 1.30. The summed E-state index contributed by atoms with van der Waals surface area (Å²) >= 11 is 11.4. The third kappa shape index (κ3) is 4.43. The van der Waals surface area contributed by atoms with Crippen molar-refractivity contribution >= 4 is 40.7 Å². The number of benzene rings is 1. The molecule has 0 spiro atoms. The van der Waals surface area contributed by atoms with E-state index in [1.165, 1.54) is 7.05 Å². The molecule has 20 heavy (non-hydrogen) atoms. The van der Waals surface area contributed by atoms with Crippen LogP contribution in [0, 0.1) is 0 Å². The van der Waals surface area contributed by atoms with Gasteiger partial charge in [-0.15, -0.1) is 0 Å². The zero-order valence-corrected chi connectivity index (χ0v) is 12.5. The van der Waals surface area contributed by atoms with Gasteiger partial charge in [0.15, 0.2) is 0 Å². The first-order valence-electron chi connectivity index (χ1n) is 5.81. The van der Waals surface area contributed by atoms with E-state index in [-0.39, 0.29) is 10.1 Å². The minimum absolute atomic E-state index is 0.363. The Balaban J connectivity index is 2.77. The molecule has 2 amide bonds. The lowest BCUT2D eigenvalue weighted by atomic mass is 10.3. The van der Waals surface area contributed by atoms with Crippen LogP contribution in [0.3, 0.4) is 0 Å². The summed E-state index contributed by atoms with van der Waals surface area (Å²) in [6.45, 7) is 2.43. The van der Waals surface area contributed by atoms with Gasteiger partial charge >= 0.3 is 0 Å². The maximum absolute atomic E-state index is 11.8. The summed E-state index contributed by atoms with van der Waals surface area (Å²) in [5.74, 6) is -0.599. The van der Waals surface area contributed by atoms with Gasteiger partial charge in [-0.3, -0.25) is 9.59 Å². The topological polar surface area (TPSA) is 67.4 Å². The first-order valence-corrected chi connectivity index (χ1v) is 6.56. The van der Waals surface area contributed by atoms with E-state index >= 15 is 0 Å². The Morgan fingerprint density at radius 1 is 1.10 bits per heavy atom. The van der Waals surface area contributed by atoms with Crippen molar-refractivity contribution in [1.29, 1.82) is 0 Å². The van der Waals surface area contributed by atoms with E-state index in [2.05, 4.69) is 10.6 Å². The zero-order chi connectivity index (χ0) is 15.1. The van der Waals surface area contributed by atoms with Crippen LogP contribution in [0.2, 0.25) is 0 Å². The van der Waals surface area contributed by atoms with Crippen molar-refractivity contribution in [3.63, 3.8) is 0 Å². The van der Waals surface area contributed by atoms with Crippen LogP contribution in [0.4, 0.5) is 5.69 Å². The molecular weight excluding hydrogens is 303 g/mol. The molecule has 0 aromatic heterocycles. The molecule has 5 nitrogen and oxygen atoms in total. The number of rotatable bonds is 5. The second-order valence-electron chi connectivity index (χ2n) is 3.62. The fourth-order valence-corrected chi connectivity index (χ4v) is 1.61. The predicted molar refractivity (Wildman–Crippen MR) is 79.0 cm³/mol. The largest absolute Gasteiger partial charge is 0.494 e. The molecule has 7 heteroatoms. The molecule has 2 N–H and O–H groups in total. The van der Waals surface area contributed by atoms with Gasteiger partial charge in [-0.25, -0.2) is 0 Å². The lowest BCUT2D eigenvalue weighted by molar-refractivity contribution is -0.117. The van der Waals surface area contributed by atoms with Crippen molar-refractivity contribution in [2.45, 2.75) is 6.92 Å². The number of carbonyl (C=O) groups excluding carboxylic acids is 2. The minimum atomic E-state index is -0.663. The Morgan fingerprint density at radius 2 is 1.65 bits per heavy atom. The lowest BCUT2D eigenvalue weighted by Gasteiger charge is -2.07. The highest BCUT2D eigenvalue weighted by Gasteiger charge is 2.17. The first kappa shape index (κ1) is 16.3. The normalized spacial score (nSPS) is 11.4. The number of anilines is 1. The average molecular weight is 317 g/mol. The molecule has 0 aliphatic carbocycles. The summed E-state index contributed by atoms with van der Waals surface area (Å²) in [5, 5.41) is 4.06. The van der Waals surface area contributed by atoms with Gasteiger partial charge in [0.1, 0.15) is 15.8 Å². The second-order valence-corrected chi connectivity index (χ2v) is 4.37. The average Bonchev–Trinajstić information content (AvgIpc) is 2.47. The summed E-state index contributed by atoms with van der Waals surface area (Å²) < 4.78 is 5.28. The van der Waals surface area contributed by atoms with Gasteiger partial charge in [0, 0.05) is 12.7 Å². The number of halogens is 2. The molecule has 1 rings (SSSR count). The van der Waals surface area contributed by atoms with Crippen LogP contribution in [0.25, 0.3) is 0 Å². The molecule has 0 aliphatic rings. The van der Waals surface area contributed by atoms with Crippen LogP contribution in [-0.2, 0) is 9.59 Å². The molecule has 0 fully saturated rings. The summed E-state index contributed by atoms with van der Waals surface area (Å²) in [6, 6.07) is 6.72. The molecular formula is C13H14Cl2N2O3. The third-order valence-electron chi connectivity index (χ3n) is 2.24. The number of amides is 2.